The van der Waals surface area contributed by atoms with Crippen LogP contribution in [0.25, 0.3) is 0 Å². The Morgan fingerprint density at radius 1 is 0.923 bits per heavy atom. The van der Waals surface area contributed by atoms with Crippen molar-refractivity contribution in [2.24, 2.45) is 0 Å². The second-order valence-electron chi connectivity index (χ2n) is 2.53. The SMILES string of the molecule is Nc1ccc(C(F)(F)F)c(N)c1N. The molecule has 1 aromatic carbocycles. The van der Waals surface area contributed by atoms with Crippen LogP contribution in [0.2, 0.25) is 0 Å². The lowest BCUT2D eigenvalue weighted by molar-refractivity contribution is -0.136. The molecule has 0 saturated heterocycles. The van der Waals surface area contributed by atoms with Crippen LogP contribution in [0.1, 0.15) is 5.56 Å². The average molecular weight is 191 g/mol. The minimum atomic E-state index is -4.49. The van der Waals surface area contributed by atoms with Gasteiger partial charge in [-0.2, -0.15) is 13.2 Å². The van der Waals surface area contributed by atoms with Gasteiger partial charge in [-0.1, -0.05) is 0 Å². The van der Waals surface area contributed by atoms with Crippen molar-refractivity contribution in [1.82, 2.24) is 0 Å². The summed E-state index contributed by atoms with van der Waals surface area (Å²) in [5, 5.41) is 0. The van der Waals surface area contributed by atoms with E-state index in [1.807, 2.05) is 0 Å². The lowest BCUT2D eigenvalue weighted by atomic mass is 10.1. The van der Waals surface area contributed by atoms with Crippen molar-refractivity contribution in [2.45, 2.75) is 6.18 Å². The number of alkyl halides is 3. The zero-order chi connectivity index (χ0) is 10.2. The Morgan fingerprint density at radius 3 is 1.92 bits per heavy atom. The number of hydrogen-bond acceptors (Lipinski definition) is 3. The monoisotopic (exact) mass is 191 g/mol. The zero-order valence-electron chi connectivity index (χ0n) is 6.52. The van der Waals surface area contributed by atoms with E-state index in [4.69, 9.17) is 17.2 Å². The third kappa shape index (κ3) is 1.61. The predicted molar refractivity (Wildman–Crippen MR) is 44.7 cm³/mol. The molecule has 0 aromatic heterocycles. The summed E-state index contributed by atoms with van der Waals surface area (Å²) in [7, 11) is 0. The first kappa shape index (κ1) is 9.50. The zero-order valence-corrected chi connectivity index (χ0v) is 6.52. The highest BCUT2D eigenvalue weighted by Gasteiger charge is 2.33. The fourth-order valence-corrected chi connectivity index (χ4v) is 0.900. The molecule has 0 spiro atoms. The van der Waals surface area contributed by atoms with E-state index < -0.39 is 17.4 Å². The molecule has 0 aliphatic rings. The Hall–Kier alpha value is -1.59. The fraction of sp³-hybridized carbons (Fsp3) is 0.143. The quantitative estimate of drug-likeness (QED) is 0.543. The number of nitrogens with two attached hydrogens (primary N) is 3. The van der Waals surface area contributed by atoms with Gasteiger partial charge in [0, 0.05) is 0 Å². The lowest BCUT2D eigenvalue weighted by Gasteiger charge is -2.12. The molecule has 0 bridgehead atoms. The van der Waals surface area contributed by atoms with Crippen LogP contribution < -0.4 is 17.2 Å². The highest BCUT2D eigenvalue weighted by molar-refractivity contribution is 5.79. The van der Waals surface area contributed by atoms with Crippen molar-refractivity contribution in [3.63, 3.8) is 0 Å². The number of rotatable bonds is 0. The molecule has 0 atom stereocenters. The predicted octanol–water partition coefficient (Wildman–Crippen LogP) is 1.45. The Labute approximate surface area is 72.3 Å². The molecule has 3 nitrogen and oxygen atoms in total. The number of anilines is 3. The van der Waals surface area contributed by atoms with Gasteiger partial charge in [-0.25, -0.2) is 0 Å². The smallest absolute Gasteiger partial charge is 0.397 e. The Morgan fingerprint density at radius 2 is 1.46 bits per heavy atom. The standard InChI is InChI=1S/C7H8F3N3/c8-7(9,10)3-1-2-4(11)6(13)5(3)12/h1-2H,11-13H2. The van der Waals surface area contributed by atoms with Gasteiger partial charge in [-0.3, -0.25) is 0 Å². The maximum Gasteiger partial charge on any atom is 0.418 e. The van der Waals surface area contributed by atoms with E-state index >= 15 is 0 Å². The molecule has 0 aliphatic carbocycles. The van der Waals surface area contributed by atoms with Crippen LogP contribution in [0.4, 0.5) is 30.2 Å². The van der Waals surface area contributed by atoms with E-state index in [9.17, 15) is 13.2 Å². The first-order chi connectivity index (χ1) is 5.84. The first-order valence-corrected chi connectivity index (χ1v) is 3.34. The van der Waals surface area contributed by atoms with Gasteiger partial charge in [0.2, 0.25) is 0 Å². The largest absolute Gasteiger partial charge is 0.418 e. The van der Waals surface area contributed by atoms with Gasteiger partial charge in [-0.15, -0.1) is 0 Å². The highest BCUT2D eigenvalue weighted by Crippen LogP contribution is 2.37. The number of benzene rings is 1. The molecule has 6 heteroatoms. The van der Waals surface area contributed by atoms with Crippen LogP contribution in [-0.2, 0) is 6.18 Å². The van der Waals surface area contributed by atoms with Gasteiger partial charge < -0.3 is 17.2 Å². The minimum Gasteiger partial charge on any atom is -0.397 e. The van der Waals surface area contributed by atoms with Gasteiger partial charge in [0.1, 0.15) is 0 Å². The van der Waals surface area contributed by atoms with Crippen LogP contribution in [0, 0.1) is 0 Å². The molecule has 0 heterocycles. The first-order valence-electron chi connectivity index (χ1n) is 3.34. The van der Waals surface area contributed by atoms with Crippen LogP contribution in [0.5, 0.6) is 0 Å². The van der Waals surface area contributed by atoms with E-state index in [-0.39, 0.29) is 11.4 Å². The molecule has 0 fully saturated rings. The molecule has 0 aliphatic heterocycles. The van der Waals surface area contributed by atoms with E-state index in [1.165, 1.54) is 0 Å². The summed E-state index contributed by atoms with van der Waals surface area (Å²) in [5.41, 5.74) is 14.0. The molecular weight excluding hydrogens is 183 g/mol. The molecular formula is C7H8F3N3. The van der Waals surface area contributed by atoms with E-state index in [2.05, 4.69) is 0 Å². The lowest BCUT2D eigenvalue weighted by Crippen LogP contribution is -2.11. The van der Waals surface area contributed by atoms with Crippen LogP contribution >= 0.6 is 0 Å². The van der Waals surface area contributed by atoms with Gasteiger partial charge in [0.25, 0.3) is 0 Å². The maximum absolute atomic E-state index is 12.2. The van der Waals surface area contributed by atoms with Gasteiger partial charge in [0.05, 0.1) is 22.6 Å². The number of nitrogen functional groups attached to an aromatic ring is 3. The van der Waals surface area contributed by atoms with Crippen molar-refractivity contribution in [3.05, 3.63) is 17.7 Å². The van der Waals surface area contributed by atoms with E-state index in [0.29, 0.717) is 0 Å². The van der Waals surface area contributed by atoms with Crippen molar-refractivity contribution in [1.29, 1.82) is 0 Å². The molecule has 0 radical (unpaired) electrons. The van der Waals surface area contributed by atoms with Crippen LogP contribution in [0.3, 0.4) is 0 Å². The Bertz CT molecular complexity index is 332. The summed E-state index contributed by atoms with van der Waals surface area (Å²) in [5.74, 6) is 0. The summed E-state index contributed by atoms with van der Waals surface area (Å²) >= 11 is 0. The molecule has 0 saturated carbocycles. The summed E-state index contributed by atoms with van der Waals surface area (Å²) < 4.78 is 36.6. The van der Waals surface area contributed by atoms with Crippen molar-refractivity contribution < 1.29 is 13.2 Å². The number of hydrogen-bond donors (Lipinski definition) is 3. The van der Waals surface area contributed by atoms with Crippen molar-refractivity contribution in [2.75, 3.05) is 17.2 Å². The summed E-state index contributed by atoms with van der Waals surface area (Å²) in [6.45, 7) is 0. The second-order valence-corrected chi connectivity index (χ2v) is 2.53. The van der Waals surface area contributed by atoms with Gasteiger partial charge >= 0.3 is 6.18 Å². The van der Waals surface area contributed by atoms with Crippen molar-refractivity contribution >= 4 is 17.1 Å². The van der Waals surface area contributed by atoms with E-state index in [0.717, 1.165) is 12.1 Å². The molecule has 0 unspecified atom stereocenters. The van der Waals surface area contributed by atoms with Crippen molar-refractivity contribution in [3.8, 4) is 0 Å². The second kappa shape index (κ2) is 2.72. The molecule has 1 aromatic rings. The minimum absolute atomic E-state index is 0.0468. The van der Waals surface area contributed by atoms with Gasteiger partial charge in [-0.05, 0) is 12.1 Å². The molecule has 0 amide bonds. The molecule has 6 N–H and O–H groups in total. The highest BCUT2D eigenvalue weighted by atomic mass is 19.4. The maximum atomic E-state index is 12.2. The molecule has 13 heavy (non-hydrogen) atoms. The average Bonchev–Trinajstić information content (AvgIpc) is 1.98. The summed E-state index contributed by atoms with van der Waals surface area (Å²) in [6, 6.07) is 1.88. The third-order valence-electron chi connectivity index (χ3n) is 1.63. The fourth-order valence-electron chi connectivity index (χ4n) is 0.900. The van der Waals surface area contributed by atoms with Crippen LogP contribution in [0.15, 0.2) is 12.1 Å². The summed E-state index contributed by atoms with van der Waals surface area (Å²) in [4.78, 5) is 0. The topological polar surface area (TPSA) is 78.1 Å². The summed E-state index contributed by atoms with van der Waals surface area (Å²) in [6.07, 6.45) is -4.49. The third-order valence-corrected chi connectivity index (χ3v) is 1.63. The number of halogens is 3. The Balaban J connectivity index is 3.35. The van der Waals surface area contributed by atoms with Crippen LogP contribution in [-0.4, -0.2) is 0 Å². The Kier molecular flexibility index (Phi) is 1.99. The van der Waals surface area contributed by atoms with E-state index in [1.54, 1.807) is 0 Å². The van der Waals surface area contributed by atoms with Gasteiger partial charge in [0.15, 0.2) is 0 Å². The molecule has 72 valence electrons. The normalized spacial score (nSPS) is 11.6. The molecule has 1 rings (SSSR count).